The number of aliphatic carboxylic acids is 1. The Kier molecular flexibility index (Phi) is 6.32. The zero-order valence-corrected chi connectivity index (χ0v) is 16.8. The lowest BCUT2D eigenvalue weighted by molar-refractivity contribution is -0.192. The molecule has 0 saturated carbocycles. The summed E-state index contributed by atoms with van der Waals surface area (Å²) in [6.07, 6.45) is -2.46. The molecule has 0 spiro atoms. The van der Waals surface area contributed by atoms with Crippen LogP contribution in [-0.2, 0) is 11.3 Å². The summed E-state index contributed by atoms with van der Waals surface area (Å²) in [5.41, 5.74) is 6.24. The number of methoxy groups -OCH3 is 1. The number of nitrogens with one attached hydrogen (secondary N) is 1. The number of phenolic OH excluding ortho intramolecular Hbond substituents is 1. The standard InChI is InChI=1S/C16H15N7O3.C2HF3O2/c1-26-12-10(24)3-2-9-11(12)21-16(23-5-4-18-13(9)23)22-14(25)8-6-19-15(17)20-7-8;3-2(4,5)1(6)7/h2-3,6-7,18,24H,4-5H2,1H3,(H2,17,19,20);(H,6,7). The predicted octanol–water partition coefficient (Wildman–Crippen LogP) is 0.923. The topological polar surface area (TPSA) is 178 Å². The fourth-order valence-electron chi connectivity index (χ4n) is 2.85. The molecule has 1 amide bonds. The summed E-state index contributed by atoms with van der Waals surface area (Å²) in [6, 6.07) is 3.28. The molecule has 1 aliphatic heterocycles. The Morgan fingerprint density at radius 3 is 2.48 bits per heavy atom. The number of amides is 1. The third kappa shape index (κ3) is 4.91. The highest BCUT2D eigenvalue weighted by Crippen LogP contribution is 2.36. The number of carbonyl (C=O) groups excluding carboxylic acids is 1. The molecular formula is C18H16F3N7O5. The lowest BCUT2D eigenvalue weighted by Gasteiger charge is -2.11. The predicted molar refractivity (Wildman–Crippen MR) is 106 cm³/mol. The molecule has 1 aliphatic rings. The quantitative estimate of drug-likeness (QED) is 0.424. The van der Waals surface area contributed by atoms with E-state index in [0.29, 0.717) is 18.6 Å². The van der Waals surface area contributed by atoms with Crippen molar-refractivity contribution in [1.82, 2.24) is 19.5 Å². The first-order chi connectivity index (χ1) is 15.5. The molecule has 33 heavy (non-hydrogen) atoms. The molecule has 0 aliphatic carbocycles. The molecule has 3 aromatic rings. The van der Waals surface area contributed by atoms with Crippen LogP contribution in [0.5, 0.6) is 11.5 Å². The van der Waals surface area contributed by atoms with Crippen LogP contribution in [0.1, 0.15) is 10.4 Å². The molecule has 3 heterocycles. The largest absolute Gasteiger partial charge is 0.504 e. The van der Waals surface area contributed by atoms with E-state index in [9.17, 15) is 23.1 Å². The van der Waals surface area contributed by atoms with E-state index in [4.69, 9.17) is 20.4 Å². The Labute approximate surface area is 182 Å². The SMILES string of the molecule is COc1c(O)ccc2c3n(c(=NC(=O)c4cnc(N)nc4)nc12)CCN3.O=C(O)C(F)(F)F. The van der Waals surface area contributed by atoms with Gasteiger partial charge in [0.15, 0.2) is 11.5 Å². The van der Waals surface area contributed by atoms with Crippen molar-refractivity contribution in [2.75, 3.05) is 24.7 Å². The molecule has 0 saturated heterocycles. The summed E-state index contributed by atoms with van der Waals surface area (Å²) in [6.45, 7) is 1.28. The van der Waals surface area contributed by atoms with Gasteiger partial charge in [0.25, 0.3) is 5.91 Å². The van der Waals surface area contributed by atoms with Crippen LogP contribution in [-0.4, -0.2) is 61.4 Å². The molecule has 0 fully saturated rings. The molecule has 0 bridgehead atoms. The molecule has 0 radical (unpaired) electrons. The number of carboxylic acid groups (broad SMARTS) is 1. The van der Waals surface area contributed by atoms with Gasteiger partial charge in [0, 0.05) is 30.9 Å². The fraction of sp³-hybridized carbons (Fsp3) is 0.222. The number of benzene rings is 1. The maximum Gasteiger partial charge on any atom is 0.490 e. The van der Waals surface area contributed by atoms with Crippen molar-refractivity contribution >= 4 is 34.5 Å². The van der Waals surface area contributed by atoms with E-state index in [1.54, 1.807) is 10.6 Å². The molecule has 15 heteroatoms. The first kappa shape index (κ1) is 23.2. The van der Waals surface area contributed by atoms with Crippen LogP contribution in [0.25, 0.3) is 10.9 Å². The van der Waals surface area contributed by atoms with Crippen molar-refractivity contribution in [3.8, 4) is 11.5 Å². The minimum atomic E-state index is -5.08. The summed E-state index contributed by atoms with van der Waals surface area (Å²) in [4.78, 5) is 37.5. The highest BCUT2D eigenvalue weighted by atomic mass is 19.4. The molecule has 2 aromatic heterocycles. The average molecular weight is 467 g/mol. The minimum Gasteiger partial charge on any atom is -0.504 e. The van der Waals surface area contributed by atoms with Gasteiger partial charge in [-0.2, -0.15) is 18.2 Å². The van der Waals surface area contributed by atoms with E-state index in [0.717, 1.165) is 11.2 Å². The van der Waals surface area contributed by atoms with Crippen molar-refractivity contribution in [3.63, 3.8) is 0 Å². The van der Waals surface area contributed by atoms with E-state index in [2.05, 4.69) is 25.3 Å². The van der Waals surface area contributed by atoms with Gasteiger partial charge < -0.3 is 26.0 Å². The lowest BCUT2D eigenvalue weighted by Crippen LogP contribution is -2.25. The summed E-state index contributed by atoms with van der Waals surface area (Å²) < 4.78 is 38.8. The van der Waals surface area contributed by atoms with Crippen molar-refractivity contribution < 1.29 is 37.7 Å². The van der Waals surface area contributed by atoms with Crippen molar-refractivity contribution in [3.05, 3.63) is 35.7 Å². The first-order valence-electron chi connectivity index (χ1n) is 9.04. The van der Waals surface area contributed by atoms with E-state index in [1.807, 2.05) is 0 Å². The second kappa shape index (κ2) is 8.97. The van der Waals surface area contributed by atoms with Gasteiger partial charge in [-0.25, -0.2) is 19.7 Å². The minimum absolute atomic E-state index is 0.0420. The number of hydrogen-bond donors (Lipinski definition) is 4. The Hall–Kier alpha value is -4.43. The van der Waals surface area contributed by atoms with Gasteiger partial charge in [-0.15, -0.1) is 0 Å². The van der Waals surface area contributed by atoms with Crippen LogP contribution in [0.2, 0.25) is 0 Å². The molecule has 0 atom stereocenters. The summed E-state index contributed by atoms with van der Waals surface area (Å²) in [5.74, 6) is -2.29. The van der Waals surface area contributed by atoms with Crippen LogP contribution >= 0.6 is 0 Å². The van der Waals surface area contributed by atoms with Crippen LogP contribution < -0.4 is 21.4 Å². The number of ether oxygens (including phenoxy) is 1. The van der Waals surface area contributed by atoms with E-state index in [1.165, 1.54) is 25.6 Å². The second-order valence-corrected chi connectivity index (χ2v) is 6.40. The van der Waals surface area contributed by atoms with Crippen molar-refractivity contribution in [2.45, 2.75) is 12.7 Å². The number of carbonyl (C=O) groups is 2. The number of alkyl halides is 3. The van der Waals surface area contributed by atoms with Gasteiger partial charge in [0.05, 0.1) is 12.7 Å². The normalized spacial score (nSPS) is 13.0. The van der Waals surface area contributed by atoms with Gasteiger partial charge in [-0.1, -0.05) is 0 Å². The van der Waals surface area contributed by atoms with Crippen LogP contribution in [0.4, 0.5) is 24.9 Å². The lowest BCUT2D eigenvalue weighted by atomic mass is 10.2. The van der Waals surface area contributed by atoms with Crippen molar-refractivity contribution in [1.29, 1.82) is 0 Å². The number of halogens is 3. The first-order valence-corrected chi connectivity index (χ1v) is 9.04. The average Bonchev–Trinajstić information content (AvgIpc) is 3.24. The third-order valence-electron chi connectivity index (χ3n) is 4.28. The van der Waals surface area contributed by atoms with Gasteiger partial charge in [-0.05, 0) is 12.1 Å². The summed E-state index contributed by atoms with van der Waals surface area (Å²) in [5, 5.41) is 21.2. The molecule has 4 rings (SSSR count). The van der Waals surface area contributed by atoms with Crippen LogP contribution in [0, 0.1) is 0 Å². The molecule has 1 aromatic carbocycles. The number of hydrogen-bond acceptors (Lipinski definition) is 9. The van der Waals surface area contributed by atoms with Crippen molar-refractivity contribution in [2.24, 2.45) is 4.99 Å². The number of aromatic nitrogens is 4. The number of anilines is 2. The smallest absolute Gasteiger partial charge is 0.490 e. The monoisotopic (exact) mass is 467 g/mol. The Morgan fingerprint density at radius 1 is 1.27 bits per heavy atom. The highest BCUT2D eigenvalue weighted by molar-refractivity contribution is 5.96. The third-order valence-corrected chi connectivity index (χ3v) is 4.28. The molecule has 12 nitrogen and oxygen atoms in total. The molecule has 0 unspecified atom stereocenters. The van der Waals surface area contributed by atoms with E-state index < -0.39 is 18.1 Å². The van der Waals surface area contributed by atoms with Gasteiger partial charge in [-0.3, -0.25) is 9.36 Å². The number of rotatable bonds is 2. The maximum atomic E-state index is 12.4. The number of nitrogens with zero attached hydrogens (tertiary/aromatic N) is 5. The Balaban J connectivity index is 0.000000383. The number of fused-ring (bicyclic) bond motifs is 3. The van der Waals surface area contributed by atoms with Gasteiger partial charge >= 0.3 is 12.1 Å². The Bertz CT molecular complexity index is 1290. The summed E-state index contributed by atoms with van der Waals surface area (Å²) in [7, 11) is 1.44. The number of nitrogens with two attached hydrogens (primary N) is 1. The van der Waals surface area contributed by atoms with Crippen LogP contribution in [0.3, 0.4) is 0 Å². The van der Waals surface area contributed by atoms with E-state index >= 15 is 0 Å². The number of carboxylic acids is 1. The second-order valence-electron chi connectivity index (χ2n) is 6.40. The molecule has 5 N–H and O–H groups in total. The maximum absolute atomic E-state index is 12.4. The molecular weight excluding hydrogens is 451 g/mol. The number of nitrogen functional groups attached to an aromatic ring is 1. The van der Waals surface area contributed by atoms with Gasteiger partial charge in [0.2, 0.25) is 11.6 Å². The van der Waals surface area contributed by atoms with Gasteiger partial charge in [0.1, 0.15) is 11.3 Å². The zero-order chi connectivity index (χ0) is 24.3. The fourth-order valence-corrected chi connectivity index (χ4v) is 2.85. The Morgan fingerprint density at radius 2 is 1.91 bits per heavy atom. The summed E-state index contributed by atoms with van der Waals surface area (Å²) >= 11 is 0. The zero-order valence-electron chi connectivity index (χ0n) is 16.8. The van der Waals surface area contributed by atoms with E-state index in [-0.39, 0.29) is 28.6 Å². The number of aromatic hydroxyl groups is 1. The number of phenols is 1. The van der Waals surface area contributed by atoms with Crippen LogP contribution in [0.15, 0.2) is 29.5 Å². The highest BCUT2D eigenvalue weighted by Gasteiger charge is 2.38. The molecule has 174 valence electrons.